The number of anilines is 1. The number of aryl methyl sites for hydroxylation is 1. The van der Waals surface area contributed by atoms with Crippen LogP contribution in [-0.2, 0) is 0 Å². The number of benzene rings is 1. The van der Waals surface area contributed by atoms with E-state index in [0.29, 0.717) is 0 Å². The van der Waals surface area contributed by atoms with E-state index in [0.717, 1.165) is 24.5 Å². The van der Waals surface area contributed by atoms with Crippen LogP contribution in [0.15, 0.2) is 29.3 Å². The molecule has 0 spiro atoms. The number of aliphatic imine (C=N–C) groups is 1. The average Bonchev–Trinajstić information content (AvgIpc) is 2.62. The summed E-state index contributed by atoms with van der Waals surface area (Å²) in [7, 11) is 0. The highest BCUT2D eigenvalue weighted by atomic mass is 15.0. The standard InChI is InChI=1S/C11H14N2/c1-9-4-6-10(7-5-9)13-11-3-2-8-12-11/h4-7H,2-3,8H2,1H3,(H,12,13). The van der Waals surface area contributed by atoms with E-state index in [1.807, 2.05) is 0 Å². The van der Waals surface area contributed by atoms with Crippen LogP contribution in [0.5, 0.6) is 0 Å². The van der Waals surface area contributed by atoms with Crippen LogP contribution >= 0.6 is 0 Å². The lowest BCUT2D eigenvalue weighted by Gasteiger charge is -2.05. The number of nitrogens with zero attached hydrogens (tertiary/aromatic N) is 1. The fourth-order valence-corrected chi connectivity index (χ4v) is 1.45. The van der Waals surface area contributed by atoms with Crippen molar-refractivity contribution in [3.05, 3.63) is 29.8 Å². The lowest BCUT2D eigenvalue weighted by molar-refractivity contribution is 0.951. The Morgan fingerprint density at radius 2 is 2.00 bits per heavy atom. The van der Waals surface area contributed by atoms with Gasteiger partial charge in [-0.25, -0.2) is 0 Å². The van der Waals surface area contributed by atoms with Crippen molar-refractivity contribution in [1.82, 2.24) is 0 Å². The summed E-state index contributed by atoms with van der Waals surface area (Å²) in [5, 5.41) is 3.32. The van der Waals surface area contributed by atoms with Gasteiger partial charge in [-0.15, -0.1) is 0 Å². The topological polar surface area (TPSA) is 24.4 Å². The number of amidine groups is 1. The Bertz CT molecular complexity index is 311. The molecule has 1 aliphatic heterocycles. The Kier molecular flexibility index (Phi) is 2.30. The first-order valence-corrected chi connectivity index (χ1v) is 4.71. The van der Waals surface area contributed by atoms with Crippen molar-refractivity contribution in [2.45, 2.75) is 19.8 Å². The third-order valence-electron chi connectivity index (χ3n) is 2.21. The van der Waals surface area contributed by atoms with Crippen LogP contribution in [0, 0.1) is 6.92 Å². The first kappa shape index (κ1) is 8.30. The summed E-state index contributed by atoms with van der Waals surface area (Å²) in [5.41, 5.74) is 2.44. The monoisotopic (exact) mass is 174 g/mol. The second kappa shape index (κ2) is 3.60. The van der Waals surface area contributed by atoms with Gasteiger partial charge in [0.25, 0.3) is 0 Å². The smallest absolute Gasteiger partial charge is 0.101 e. The van der Waals surface area contributed by atoms with Gasteiger partial charge in [-0.05, 0) is 25.5 Å². The van der Waals surface area contributed by atoms with Gasteiger partial charge in [-0.2, -0.15) is 0 Å². The Balaban J connectivity index is 2.05. The molecule has 68 valence electrons. The average molecular weight is 174 g/mol. The number of nitrogens with one attached hydrogen (secondary N) is 1. The number of hydrogen-bond donors (Lipinski definition) is 1. The van der Waals surface area contributed by atoms with Crippen LogP contribution in [0.25, 0.3) is 0 Å². The van der Waals surface area contributed by atoms with Crippen LogP contribution in [0.4, 0.5) is 5.69 Å². The van der Waals surface area contributed by atoms with E-state index in [-0.39, 0.29) is 0 Å². The molecular formula is C11H14N2. The molecule has 1 heterocycles. The van der Waals surface area contributed by atoms with Crippen molar-refractivity contribution in [2.24, 2.45) is 4.99 Å². The molecule has 0 bridgehead atoms. The molecule has 1 aromatic carbocycles. The van der Waals surface area contributed by atoms with E-state index in [1.165, 1.54) is 12.0 Å². The Morgan fingerprint density at radius 1 is 1.23 bits per heavy atom. The van der Waals surface area contributed by atoms with Crippen LogP contribution < -0.4 is 5.32 Å². The lowest BCUT2D eigenvalue weighted by atomic mass is 10.2. The molecular weight excluding hydrogens is 160 g/mol. The fraction of sp³-hybridized carbons (Fsp3) is 0.364. The summed E-state index contributed by atoms with van der Waals surface area (Å²) in [4.78, 5) is 4.36. The molecule has 2 heteroatoms. The first-order chi connectivity index (χ1) is 6.34. The molecule has 0 unspecified atom stereocenters. The van der Waals surface area contributed by atoms with E-state index in [9.17, 15) is 0 Å². The van der Waals surface area contributed by atoms with Gasteiger partial charge < -0.3 is 5.32 Å². The largest absolute Gasteiger partial charge is 0.344 e. The Hall–Kier alpha value is -1.31. The molecule has 0 aliphatic carbocycles. The summed E-state index contributed by atoms with van der Waals surface area (Å²) < 4.78 is 0. The maximum atomic E-state index is 4.36. The molecule has 0 radical (unpaired) electrons. The molecule has 0 amide bonds. The summed E-state index contributed by atoms with van der Waals surface area (Å²) in [6.07, 6.45) is 2.28. The molecule has 0 fully saturated rings. The maximum absolute atomic E-state index is 4.36. The van der Waals surface area contributed by atoms with Crippen LogP contribution in [0.1, 0.15) is 18.4 Å². The van der Waals surface area contributed by atoms with Crippen LogP contribution in [0.2, 0.25) is 0 Å². The molecule has 1 aliphatic rings. The highest BCUT2D eigenvalue weighted by Gasteiger charge is 2.05. The fourth-order valence-electron chi connectivity index (χ4n) is 1.45. The molecule has 0 saturated carbocycles. The highest BCUT2D eigenvalue weighted by molar-refractivity contribution is 5.96. The van der Waals surface area contributed by atoms with Crippen molar-refractivity contribution >= 4 is 11.5 Å². The van der Waals surface area contributed by atoms with Gasteiger partial charge >= 0.3 is 0 Å². The van der Waals surface area contributed by atoms with Crippen molar-refractivity contribution in [3.8, 4) is 0 Å². The second-order valence-electron chi connectivity index (χ2n) is 3.42. The van der Waals surface area contributed by atoms with Crippen LogP contribution in [-0.4, -0.2) is 12.4 Å². The quantitative estimate of drug-likeness (QED) is 0.695. The van der Waals surface area contributed by atoms with Gasteiger partial charge in [0, 0.05) is 18.7 Å². The first-order valence-electron chi connectivity index (χ1n) is 4.71. The molecule has 0 saturated heterocycles. The summed E-state index contributed by atoms with van der Waals surface area (Å²) in [5.74, 6) is 1.13. The van der Waals surface area contributed by atoms with Crippen molar-refractivity contribution < 1.29 is 0 Å². The molecule has 1 aromatic rings. The SMILES string of the molecule is Cc1ccc(NC2=NCCC2)cc1. The number of rotatable bonds is 1. The third-order valence-corrected chi connectivity index (χ3v) is 2.21. The normalized spacial score (nSPS) is 15.6. The van der Waals surface area contributed by atoms with Gasteiger partial charge in [0.1, 0.15) is 5.84 Å². The van der Waals surface area contributed by atoms with E-state index >= 15 is 0 Å². The van der Waals surface area contributed by atoms with Gasteiger partial charge in [0.05, 0.1) is 0 Å². The minimum Gasteiger partial charge on any atom is -0.344 e. The maximum Gasteiger partial charge on any atom is 0.101 e. The Labute approximate surface area is 78.7 Å². The molecule has 2 rings (SSSR count). The zero-order valence-electron chi connectivity index (χ0n) is 7.88. The molecule has 1 N–H and O–H groups in total. The van der Waals surface area contributed by atoms with Gasteiger partial charge in [0.15, 0.2) is 0 Å². The van der Waals surface area contributed by atoms with Gasteiger partial charge in [0.2, 0.25) is 0 Å². The van der Waals surface area contributed by atoms with E-state index in [4.69, 9.17) is 0 Å². The number of hydrogen-bond acceptors (Lipinski definition) is 2. The third kappa shape index (κ3) is 2.08. The van der Waals surface area contributed by atoms with Crippen LogP contribution in [0.3, 0.4) is 0 Å². The molecule has 13 heavy (non-hydrogen) atoms. The summed E-state index contributed by atoms with van der Waals surface area (Å²) in [6.45, 7) is 3.07. The van der Waals surface area contributed by atoms with Crippen molar-refractivity contribution in [2.75, 3.05) is 11.9 Å². The molecule has 2 nitrogen and oxygen atoms in total. The van der Waals surface area contributed by atoms with E-state index in [2.05, 4.69) is 41.5 Å². The zero-order valence-corrected chi connectivity index (χ0v) is 7.88. The summed E-state index contributed by atoms with van der Waals surface area (Å²) >= 11 is 0. The summed E-state index contributed by atoms with van der Waals surface area (Å²) in [6, 6.07) is 8.40. The van der Waals surface area contributed by atoms with E-state index < -0.39 is 0 Å². The predicted octanol–water partition coefficient (Wildman–Crippen LogP) is 2.60. The highest BCUT2D eigenvalue weighted by Crippen LogP contribution is 2.12. The molecule has 0 aromatic heterocycles. The zero-order chi connectivity index (χ0) is 9.10. The Morgan fingerprint density at radius 3 is 2.62 bits per heavy atom. The molecule has 0 atom stereocenters. The minimum absolute atomic E-state index is 0.980. The lowest BCUT2D eigenvalue weighted by Crippen LogP contribution is -2.07. The van der Waals surface area contributed by atoms with E-state index in [1.54, 1.807) is 0 Å². The van der Waals surface area contributed by atoms with Gasteiger partial charge in [-0.1, -0.05) is 17.7 Å². The minimum atomic E-state index is 0.980. The van der Waals surface area contributed by atoms with Crippen molar-refractivity contribution in [3.63, 3.8) is 0 Å². The van der Waals surface area contributed by atoms with Crippen molar-refractivity contribution in [1.29, 1.82) is 0 Å². The predicted molar refractivity (Wildman–Crippen MR) is 56.3 cm³/mol. The second-order valence-corrected chi connectivity index (χ2v) is 3.42. The van der Waals surface area contributed by atoms with Gasteiger partial charge in [-0.3, -0.25) is 4.99 Å².